The molecule has 0 aromatic heterocycles. The molecule has 122 valence electrons. The third-order valence-electron chi connectivity index (χ3n) is 4.04. The summed E-state index contributed by atoms with van der Waals surface area (Å²) in [5.74, 6) is -0.453. The van der Waals surface area contributed by atoms with Crippen LogP contribution in [0.3, 0.4) is 0 Å². The van der Waals surface area contributed by atoms with Gasteiger partial charge in [-0.1, -0.05) is 13.8 Å². The van der Waals surface area contributed by atoms with Crippen LogP contribution in [0.25, 0.3) is 0 Å². The molecule has 1 heterocycles. The number of rotatable bonds is 8. The Balaban J connectivity index is 2.28. The van der Waals surface area contributed by atoms with E-state index in [9.17, 15) is 9.59 Å². The lowest BCUT2D eigenvalue weighted by Gasteiger charge is -2.26. The maximum atomic E-state index is 12.1. The van der Waals surface area contributed by atoms with Gasteiger partial charge < -0.3 is 20.1 Å². The van der Waals surface area contributed by atoms with Crippen LogP contribution in [0.4, 0.5) is 4.79 Å². The fourth-order valence-electron chi connectivity index (χ4n) is 2.47. The Labute approximate surface area is 126 Å². The number of nitrogens with one attached hydrogen (secondary N) is 1. The molecule has 2 amide bonds. The van der Waals surface area contributed by atoms with Gasteiger partial charge in [-0.3, -0.25) is 4.79 Å². The van der Waals surface area contributed by atoms with E-state index in [4.69, 9.17) is 9.84 Å². The van der Waals surface area contributed by atoms with E-state index in [0.717, 1.165) is 12.8 Å². The van der Waals surface area contributed by atoms with Crippen LogP contribution in [0.15, 0.2) is 0 Å². The molecule has 2 N–H and O–H groups in total. The number of carboxylic acid groups (broad SMARTS) is 1. The number of likely N-dealkylation sites (tertiary alicyclic amines) is 1. The smallest absolute Gasteiger partial charge is 0.317 e. The van der Waals surface area contributed by atoms with Gasteiger partial charge in [0.05, 0.1) is 0 Å². The van der Waals surface area contributed by atoms with Crippen molar-refractivity contribution < 1.29 is 19.4 Å². The lowest BCUT2D eigenvalue weighted by Crippen LogP contribution is -2.42. The first-order chi connectivity index (χ1) is 9.84. The predicted molar refractivity (Wildman–Crippen MR) is 80.2 cm³/mol. The van der Waals surface area contributed by atoms with Crippen molar-refractivity contribution in [3.63, 3.8) is 0 Å². The van der Waals surface area contributed by atoms with Gasteiger partial charge in [0.2, 0.25) is 0 Å². The molecule has 0 bridgehead atoms. The normalized spacial score (nSPS) is 18.8. The second kappa shape index (κ2) is 8.22. The quantitative estimate of drug-likeness (QED) is 0.718. The first-order valence-electron chi connectivity index (χ1n) is 7.57. The van der Waals surface area contributed by atoms with Gasteiger partial charge in [-0.05, 0) is 30.6 Å². The minimum Gasteiger partial charge on any atom is -0.481 e. The largest absolute Gasteiger partial charge is 0.481 e. The van der Waals surface area contributed by atoms with Crippen LogP contribution in [0.1, 0.15) is 39.5 Å². The van der Waals surface area contributed by atoms with E-state index in [1.54, 1.807) is 12.0 Å². The van der Waals surface area contributed by atoms with E-state index < -0.39 is 5.97 Å². The van der Waals surface area contributed by atoms with Crippen LogP contribution < -0.4 is 5.32 Å². The lowest BCUT2D eigenvalue weighted by atomic mass is 9.90. The third-order valence-corrected chi connectivity index (χ3v) is 4.04. The Morgan fingerprint density at radius 2 is 2.14 bits per heavy atom. The third kappa shape index (κ3) is 6.80. The summed E-state index contributed by atoms with van der Waals surface area (Å²) >= 11 is 0. The molecule has 0 aliphatic carbocycles. The second-order valence-electron chi connectivity index (χ2n) is 6.60. The van der Waals surface area contributed by atoms with Gasteiger partial charge >= 0.3 is 12.0 Å². The molecular weight excluding hydrogens is 272 g/mol. The average Bonchev–Trinajstić information content (AvgIpc) is 2.89. The number of amides is 2. The van der Waals surface area contributed by atoms with E-state index in [-0.39, 0.29) is 17.9 Å². The zero-order valence-electron chi connectivity index (χ0n) is 13.4. The molecule has 6 heteroatoms. The molecule has 1 aliphatic heterocycles. The van der Waals surface area contributed by atoms with Crippen molar-refractivity contribution in [3.05, 3.63) is 0 Å². The molecule has 21 heavy (non-hydrogen) atoms. The highest BCUT2D eigenvalue weighted by Gasteiger charge is 2.27. The summed E-state index contributed by atoms with van der Waals surface area (Å²) in [6.45, 7) is 6.89. The van der Waals surface area contributed by atoms with Gasteiger partial charge in [0, 0.05) is 39.8 Å². The molecule has 0 aromatic rings. The number of aliphatic carboxylic acids is 1. The molecule has 0 spiro atoms. The van der Waals surface area contributed by atoms with Crippen molar-refractivity contribution in [2.45, 2.75) is 39.5 Å². The molecule has 1 fully saturated rings. The molecule has 6 nitrogen and oxygen atoms in total. The molecule has 1 aliphatic rings. The Morgan fingerprint density at radius 3 is 2.76 bits per heavy atom. The number of urea groups is 1. The standard InChI is InChI=1S/C15H28N2O4/c1-15(2,7-9-21-3)11-16-14(20)17-8-6-12(10-17)4-5-13(18)19/h12H,4-11H2,1-3H3,(H,16,20)(H,18,19). The van der Waals surface area contributed by atoms with Crippen molar-refractivity contribution in [1.29, 1.82) is 0 Å². The van der Waals surface area contributed by atoms with Gasteiger partial charge in [-0.25, -0.2) is 4.79 Å². The molecule has 0 radical (unpaired) electrons. The molecule has 1 unspecified atom stereocenters. The number of ether oxygens (including phenoxy) is 1. The van der Waals surface area contributed by atoms with Gasteiger partial charge in [0.25, 0.3) is 0 Å². The van der Waals surface area contributed by atoms with Crippen molar-refractivity contribution in [2.24, 2.45) is 11.3 Å². The van der Waals surface area contributed by atoms with Crippen LogP contribution in [-0.4, -0.2) is 55.4 Å². The Hall–Kier alpha value is -1.30. The molecular formula is C15H28N2O4. The molecule has 1 atom stereocenters. The van der Waals surface area contributed by atoms with E-state index in [0.29, 0.717) is 38.6 Å². The minimum atomic E-state index is -0.766. The summed E-state index contributed by atoms with van der Waals surface area (Å²) in [5, 5.41) is 11.7. The molecule has 1 rings (SSSR count). The maximum Gasteiger partial charge on any atom is 0.317 e. The van der Waals surface area contributed by atoms with Crippen LogP contribution >= 0.6 is 0 Å². The van der Waals surface area contributed by atoms with Crippen LogP contribution in [0.2, 0.25) is 0 Å². The lowest BCUT2D eigenvalue weighted by molar-refractivity contribution is -0.137. The van der Waals surface area contributed by atoms with Crippen molar-refractivity contribution >= 4 is 12.0 Å². The fraction of sp³-hybridized carbons (Fsp3) is 0.867. The van der Waals surface area contributed by atoms with Crippen LogP contribution in [0, 0.1) is 11.3 Å². The monoisotopic (exact) mass is 300 g/mol. The fourth-order valence-corrected chi connectivity index (χ4v) is 2.47. The Morgan fingerprint density at radius 1 is 1.43 bits per heavy atom. The number of carbonyl (C=O) groups is 2. The summed E-state index contributed by atoms with van der Waals surface area (Å²) in [6, 6.07) is -0.0432. The first kappa shape index (κ1) is 17.8. The topological polar surface area (TPSA) is 78.9 Å². The number of carbonyl (C=O) groups excluding carboxylic acids is 1. The average molecular weight is 300 g/mol. The molecule has 0 saturated carbocycles. The number of methoxy groups -OCH3 is 1. The van der Waals surface area contributed by atoms with E-state index >= 15 is 0 Å². The Bertz CT molecular complexity index is 358. The minimum absolute atomic E-state index is 0.00804. The van der Waals surface area contributed by atoms with Gasteiger partial charge in [0.1, 0.15) is 0 Å². The number of hydrogen-bond acceptors (Lipinski definition) is 3. The van der Waals surface area contributed by atoms with Crippen LogP contribution in [-0.2, 0) is 9.53 Å². The summed E-state index contributed by atoms with van der Waals surface area (Å²) in [6.07, 6.45) is 2.63. The zero-order valence-corrected chi connectivity index (χ0v) is 13.4. The van der Waals surface area contributed by atoms with Gasteiger partial charge in [-0.2, -0.15) is 0 Å². The van der Waals surface area contributed by atoms with Crippen molar-refractivity contribution in [3.8, 4) is 0 Å². The number of carboxylic acids is 1. The van der Waals surface area contributed by atoms with Gasteiger partial charge in [0.15, 0.2) is 0 Å². The number of hydrogen-bond donors (Lipinski definition) is 2. The highest BCUT2D eigenvalue weighted by atomic mass is 16.5. The summed E-state index contributed by atoms with van der Waals surface area (Å²) in [7, 11) is 1.68. The van der Waals surface area contributed by atoms with E-state index in [1.807, 2.05) is 0 Å². The Kier molecular flexibility index (Phi) is 6.95. The highest BCUT2D eigenvalue weighted by Crippen LogP contribution is 2.22. The van der Waals surface area contributed by atoms with Crippen molar-refractivity contribution in [1.82, 2.24) is 10.2 Å². The summed E-state index contributed by atoms with van der Waals surface area (Å²) in [5.41, 5.74) is 0.00804. The van der Waals surface area contributed by atoms with Gasteiger partial charge in [-0.15, -0.1) is 0 Å². The molecule has 1 saturated heterocycles. The summed E-state index contributed by atoms with van der Waals surface area (Å²) < 4.78 is 5.07. The SMILES string of the molecule is COCCC(C)(C)CNC(=O)N1CCC(CCC(=O)O)C1. The molecule has 0 aromatic carbocycles. The van der Waals surface area contributed by atoms with Crippen LogP contribution in [0.5, 0.6) is 0 Å². The van der Waals surface area contributed by atoms with E-state index in [1.165, 1.54) is 0 Å². The second-order valence-corrected chi connectivity index (χ2v) is 6.60. The summed E-state index contributed by atoms with van der Waals surface area (Å²) in [4.78, 5) is 24.5. The van der Waals surface area contributed by atoms with Crippen molar-refractivity contribution in [2.75, 3.05) is 33.4 Å². The predicted octanol–water partition coefficient (Wildman–Crippen LogP) is 1.95. The maximum absolute atomic E-state index is 12.1. The zero-order chi connectivity index (χ0) is 15.9. The van der Waals surface area contributed by atoms with E-state index in [2.05, 4.69) is 19.2 Å². The highest BCUT2D eigenvalue weighted by molar-refractivity contribution is 5.74. The first-order valence-corrected chi connectivity index (χ1v) is 7.57. The number of nitrogens with zero attached hydrogens (tertiary/aromatic N) is 1.